The Morgan fingerprint density at radius 3 is 2.92 bits per heavy atom. The van der Waals surface area contributed by atoms with Crippen molar-refractivity contribution in [3.63, 3.8) is 0 Å². The van der Waals surface area contributed by atoms with Crippen LogP contribution in [0.3, 0.4) is 0 Å². The van der Waals surface area contributed by atoms with Crippen LogP contribution in [-0.2, 0) is 0 Å². The molecule has 0 spiro atoms. The Morgan fingerprint density at radius 1 is 1.08 bits per heavy atom. The normalized spacial score (nSPS) is 25.4. The maximum Gasteiger partial charge on any atom is 0.0930 e. The maximum atomic E-state index is 3.74. The van der Waals surface area contributed by atoms with E-state index in [0.29, 0.717) is 0 Å². The van der Waals surface area contributed by atoms with E-state index in [-0.39, 0.29) is 0 Å². The second-order valence-corrected chi connectivity index (χ2v) is 8.57. The molecule has 2 aliphatic heterocycles. The van der Waals surface area contributed by atoms with E-state index in [1.54, 1.807) is 5.56 Å². The lowest BCUT2D eigenvalue weighted by molar-refractivity contribution is 0.151. The SMILES string of the molecule is CCCNc1sc2ccccc2c1C1CCC2CCCCN2CC1. The van der Waals surface area contributed by atoms with Gasteiger partial charge in [0.05, 0.1) is 5.00 Å². The van der Waals surface area contributed by atoms with Crippen molar-refractivity contribution in [3.05, 3.63) is 29.8 Å². The summed E-state index contributed by atoms with van der Waals surface area (Å²) < 4.78 is 1.45. The van der Waals surface area contributed by atoms with Crippen LogP contribution in [0, 0.1) is 0 Å². The second-order valence-electron chi connectivity index (χ2n) is 7.52. The molecule has 0 amide bonds. The molecule has 2 saturated heterocycles. The molecule has 2 aliphatic rings. The van der Waals surface area contributed by atoms with Crippen LogP contribution in [0.2, 0.25) is 0 Å². The Morgan fingerprint density at radius 2 is 2.00 bits per heavy atom. The molecule has 2 atom stereocenters. The lowest BCUT2D eigenvalue weighted by Crippen LogP contribution is -2.38. The molecule has 24 heavy (non-hydrogen) atoms. The molecular formula is C21H30N2S. The zero-order chi connectivity index (χ0) is 16.4. The molecule has 2 nitrogen and oxygen atoms in total. The largest absolute Gasteiger partial charge is 0.377 e. The quantitative estimate of drug-likeness (QED) is 0.750. The van der Waals surface area contributed by atoms with Gasteiger partial charge >= 0.3 is 0 Å². The van der Waals surface area contributed by atoms with Gasteiger partial charge in [0, 0.05) is 17.3 Å². The predicted molar refractivity (Wildman–Crippen MR) is 106 cm³/mol. The molecule has 2 unspecified atom stereocenters. The minimum Gasteiger partial charge on any atom is -0.377 e. The van der Waals surface area contributed by atoms with Gasteiger partial charge in [-0.05, 0) is 74.5 Å². The first-order valence-corrected chi connectivity index (χ1v) is 10.7. The van der Waals surface area contributed by atoms with Gasteiger partial charge in [0.15, 0.2) is 0 Å². The minimum absolute atomic E-state index is 0.728. The summed E-state index contributed by atoms with van der Waals surface area (Å²) in [6, 6.07) is 9.89. The van der Waals surface area contributed by atoms with Crippen LogP contribution in [0.1, 0.15) is 63.4 Å². The molecule has 1 aromatic heterocycles. The van der Waals surface area contributed by atoms with E-state index < -0.39 is 0 Å². The Hall–Kier alpha value is -1.06. The number of hydrogen-bond donors (Lipinski definition) is 1. The first-order chi connectivity index (χ1) is 11.9. The van der Waals surface area contributed by atoms with E-state index in [2.05, 4.69) is 41.4 Å². The van der Waals surface area contributed by atoms with Crippen LogP contribution >= 0.6 is 11.3 Å². The van der Waals surface area contributed by atoms with Crippen LogP contribution in [-0.4, -0.2) is 30.6 Å². The monoisotopic (exact) mass is 342 g/mol. The number of thiophene rings is 1. The van der Waals surface area contributed by atoms with Gasteiger partial charge in [-0.3, -0.25) is 0 Å². The van der Waals surface area contributed by atoms with Gasteiger partial charge in [0.1, 0.15) is 0 Å². The molecule has 130 valence electrons. The van der Waals surface area contributed by atoms with Crippen molar-refractivity contribution < 1.29 is 0 Å². The van der Waals surface area contributed by atoms with Crippen molar-refractivity contribution in [2.24, 2.45) is 0 Å². The van der Waals surface area contributed by atoms with E-state index in [1.807, 2.05) is 11.3 Å². The summed E-state index contributed by atoms with van der Waals surface area (Å²) in [5.41, 5.74) is 1.63. The van der Waals surface area contributed by atoms with Crippen LogP contribution < -0.4 is 5.32 Å². The molecule has 1 aromatic carbocycles. The van der Waals surface area contributed by atoms with Gasteiger partial charge in [-0.15, -0.1) is 11.3 Å². The third-order valence-electron chi connectivity index (χ3n) is 5.94. The Balaban J connectivity index is 1.64. The zero-order valence-electron chi connectivity index (χ0n) is 14.9. The molecule has 0 aliphatic carbocycles. The number of nitrogens with zero attached hydrogens (tertiary/aromatic N) is 1. The second kappa shape index (κ2) is 7.45. The first kappa shape index (κ1) is 16.4. The Labute approximate surface area is 150 Å². The van der Waals surface area contributed by atoms with Gasteiger partial charge in [0.2, 0.25) is 0 Å². The third-order valence-corrected chi connectivity index (χ3v) is 7.08. The first-order valence-electron chi connectivity index (χ1n) is 9.86. The van der Waals surface area contributed by atoms with Crippen molar-refractivity contribution in [1.82, 2.24) is 4.90 Å². The zero-order valence-corrected chi connectivity index (χ0v) is 15.7. The number of rotatable bonds is 4. The van der Waals surface area contributed by atoms with Gasteiger partial charge in [-0.25, -0.2) is 0 Å². The summed E-state index contributed by atoms with van der Waals surface area (Å²) in [7, 11) is 0. The van der Waals surface area contributed by atoms with Gasteiger partial charge < -0.3 is 10.2 Å². The smallest absolute Gasteiger partial charge is 0.0930 e. The molecule has 0 radical (unpaired) electrons. The highest BCUT2D eigenvalue weighted by atomic mass is 32.1. The van der Waals surface area contributed by atoms with Gasteiger partial charge in [-0.1, -0.05) is 31.5 Å². The number of hydrogen-bond acceptors (Lipinski definition) is 3. The topological polar surface area (TPSA) is 15.3 Å². The number of nitrogens with one attached hydrogen (secondary N) is 1. The number of piperidine rings is 1. The van der Waals surface area contributed by atoms with Crippen molar-refractivity contribution in [1.29, 1.82) is 0 Å². The van der Waals surface area contributed by atoms with E-state index in [1.165, 1.54) is 73.1 Å². The maximum absolute atomic E-state index is 3.74. The Kier molecular flexibility index (Phi) is 5.09. The van der Waals surface area contributed by atoms with Crippen molar-refractivity contribution in [2.45, 2.75) is 63.8 Å². The molecule has 4 rings (SSSR count). The van der Waals surface area contributed by atoms with Crippen molar-refractivity contribution in [3.8, 4) is 0 Å². The third kappa shape index (κ3) is 3.21. The lowest BCUT2D eigenvalue weighted by Gasteiger charge is -2.33. The highest BCUT2D eigenvalue weighted by Crippen LogP contribution is 2.44. The average Bonchev–Trinajstić information content (AvgIpc) is 2.85. The van der Waals surface area contributed by atoms with E-state index >= 15 is 0 Å². The van der Waals surface area contributed by atoms with Crippen molar-refractivity contribution in [2.75, 3.05) is 25.0 Å². The summed E-state index contributed by atoms with van der Waals surface area (Å²) >= 11 is 1.97. The standard InChI is InChI=1S/C21H30N2S/c1-2-13-22-21-20(18-8-3-4-9-19(18)24-21)16-10-11-17-7-5-6-14-23(17)15-12-16/h3-4,8-9,16-17,22H,2,5-7,10-15H2,1H3. The summed E-state index contributed by atoms with van der Waals surface area (Å²) in [6.07, 6.45) is 9.55. The Bertz CT molecular complexity index is 662. The number of fused-ring (bicyclic) bond motifs is 2. The summed E-state index contributed by atoms with van der Waals surface area (Å²) in [5, 5.41) is 6.69. The van der Waals surface area contributed by atoms with E-state index in [0.717, 1.165) is 18.5 Å². The fourth-order valence-electron chi connectivity index (χ4n) is 4.67. The van der Waals surface area contributed by atoms with Crippen LogP contribution in [0.5, 0.6) is 0 Å². The molecule has 1 N–H and O–H groups in total. The molecule has 2 fully saturated rings. The highest BCUT2D eigenvalue weighted by Gasteiger charge is 2.30. The molecule has 2 aromatic rings. The molecule has 3 heteroatoms. The van der Waals surface area contributed by atoms with E-state index in [9.17, 15) is 0 Å². The van der Waals surface area contributed by atoms with Gasteiger partial charge in [0.25, 0.3) is 0 Å². The summed E-state index contributed by atoms with van der Waals surface area (Å²) in [5.74, 6) is 0.728. The lowest BCUT2D eigenvalue weighted by atomic mass is 9.89. The van der Waals surface area contributed by atoms with Crippen LogP contribution in [0.25, 0.3) is 10.1 Å². The fourth-order valence-corrected chi connectivity index (χ4v) is 5.89. The van der Waals surface area contributed by atoms with Crippen molar-refractivity contribution >= 4 is 26.4 Å². The molecule has 0 saturated carbocycles. The highest BCUT2D eigenvalue weighted by molar-refractivity contribution is 7.23. The molecule has 0 bridgehead atoms. The van der Waals surface area contributed by atoms with Crippen LogP contribution in [0.15, 0.2) is 24.3 Å². The van der Waals surface area contributed by atoms with Gasteiger partial charge in [-0.2, -0.15) is 0 Å². The summed E-state index contributed by atoms with van der Waals surface area (Å²) in [4.78, 5) is 2.79. The minimum atomic E-state index is 0.728. The summed E-state index contributed by atoms with van der Waals surface area (Å²) in [6.45, 7) is 5.97. The average molecular weight is 343 g/mol. The number of benzene rings is 1. The van der Waals surface area contributed by atoms with E-state index in [4.69, 9.17) is 0 Å². The molecular weight excluding hydrogens is 312 g/mol. The molecule has 3 heterocycles. The fraction of sp³-hybridized carbons (Fsp3) is 0.619. The predicted octanol–water partition coefficient (Wildman–Crippen LogP) is 5.85. The number of anilines is 1. The van der Waals surface area contributed by atoms with Crippen LogP contribution in [0.4, 0.5) is 5.00 Å².